The number of benzene rings is 2. The van der Waals surface area contributed by atoms with E-state index in [1.54, 1.807) is 36.4 Å². The van der Waals surface area contributed by atoms with E-state index in [-0.39, 0.29) is 24.6 Å². The fourth-order valence-corrected chi connectivity index (χ4v) is 3.33. The predicted molar refractivity (Wildman–Crippen MR) is 106 cm³/mol. The van der Waals surface area contributed by atoms with Gasteiger partial charge in [-0.05, 0) is 24.6 Å². The van der Waals surface area contributed by atoms with Crippen molar-refractivity contribution in [3.63, 3.8) is 0 Å². The number of fused-ring (bicyclic) bond motifs is 1. The zero-order chi connectivity index (χ0) is 19.4. The molecule has 0 aromatic heterocycles. The second-order valence-corrected chi connectivity index (χ2v) is 6.93. The molecule has 0 N–H and O–H groups in total. The number of anilines is 1. The van der Waals surface area contributed by atoms with Gasteiger partial charge >= 0.3 is 5.97 Å². The summed E-state index contributed by atoms with van der Waals surface area (Å²) in [5, 5.41) is 4.80. The number of para-hydroxylation sites is 1. The van der Waals surface area contributed by atoms with Crippen molar-refractivity contribution in [1.29, 1.82) is 0 Å². The second-order valence-electron chi connectivity index (χ2n) is 6.12. The summed E-state index contributed by atoms with van der Waals surface area (Å²) in [6.45, 7) is 2.17. The molecular formula is C20H18Cl2N2O3. The number of unbranched alkanes of at least 4 members (excludes halogenated alkanes) is 1. The van der Waals surface area contributed by atoms with Gasteiger partial charge in [-0.2, -0.15) is 0 Å². The number of carbonyl (C=O) groups is 2. The molecule has 2 aromatic carbocycles. The van der Waals surface area contributed by atoms with Crippen molar-refractivity contribution in [2.45, 2.75) is 32.7 Å². The highest BCUT2D eigenvalue weighted by Crippen LogP contribution is 2.34. The van der Waals surface area contributed by atoms with Gasteiger partial charge in [0, 0.05) is 27.6 Å². The van der Waals surface area contributed by atoms with Crippen LogP contribution >= 0.6 is 23.2 Å². The fraction of sp³-hybridized carbons (Fsp3) is 0.250. The van der Waals surface area contributed by atoms with Gasteiger partial charge in [0.15, 0.2) is 5.71 Å². The van der Waals surface area contributed by atoms with Gasteiger partial charge in [0.1, 0.15) is 0 Å². The fourth-order valence-electron chi connectivity index (χ4n) is 2.81. The lowest BCUT2D eigenvalue weighted by molar-refractivity contribution is -0.143. The van der Waals surface area contributed by atoms with E-state index in [2.05, 4.69) is 5.16 Å². The van der Waals surface area contributed by atoms with Crippen molar-refractivity contribution in [1.82, 2.24) is 0 Å². The maximum Gasteiger partial charge on any atom is 0.335 e. The second kappa shape index (κ2) is 8.55. The van der Waals surface area contributed by atoms with Crippen molar-refractivity contribution in [3.05, 3.63) is 63.6 Å². The number of oxime groups is 1. The van der Waals surface area contributed by atoms with Crippen molar-refractivity contribution in [3.8, 4) is 0 Å². The molecule has 1 aliphatic rings. The molecule has 0 aliphatic carbocycles. The van der Waals surface area contributed by atoms with Gasteiger partial charge in [0.2, 0.25) is 0 Å². The van der Waals surface area contributed by atoms with Gasteiger partial charge in [0.25, 0.3) is 5.91 Å². The lowest BCUT2D eigenvalue weighted by Crippen LogP contribution is -2.30. The first-order valence-corrected chi connectivity index (χ1v) is 9.40. The first-order valence-electron chi connectivity index (χ1n) is 8.65. The number of hydrogen-bond acceptors (Lipinski definition) is 4. The normalized spacial score (nSPS) is 14.6. The van der Waals surface area contributed by atoms with Gasteiger partial charge in [-0.25, -0.2) is 4.79 Å². The Morgan fingerprint density at radius 2 is 1.81 bits per heavy atom. The van der Waals surface area contributed by atoms with Crippen LogP contribution < -0.4 is 4.90 Å². The quantitative estimate of drug-likeness (QED) is 0.503. The number of hydrogen-bond donors (Lipinski definition) is 0. The molecule has 0 bridgehead atoms. The lowest BCUT2D eigenvalue weighted by atomic mass is 10.1. The van der Waals surface area contributed by atoms with Crippen LogP contribution in [0.25, 0.3) is 0 Å². The molecule has 0 saturated heterocycles. The standard InChI is InChI=1S/C20H18Cl2N2O3/c1-2-3-11-18(25)27-23-19-13-7-4-5-10-17(13)24(20(19)26)12-14-15(21)8-6-9-16(14)22/h4-10H,2-3,11-12H2,1H3/b23-19+. The van der Waals surface area contributed by atoms with Crippen LogP contribution in [0.3, 0.4) is 0 Å². The molecule has 0 atom stereocenters. The Balaban J connectivity index is 1.89. The van der Waals surface area contributed by atoms with E-state index >= 15 is 0 Å². The average molecular weight is 405 g/mol. The predicted octanol–water partition coefficient (Wildman–Crippen LogP) is 4.98. The lowest BCUT2D eigenvalue weighted by Gasteiger charge is -2.18. The molecule has 5 nitrogen and oxygen atoms in total. The SMILES string of the molecule is CCCCC(=O)O/N=C1/C(=O)N(Cc2c(Cl)cccc2Cl)c2ccccc21. The molecule has 0 fully saturated rings. The van der Waals surface area contributed by atoms with E-state index in [1.807, 2.05) is 13.0 Å². The molecule has 27 heavy (non-hydrogen) atoms. The van der Waals surface area contributed by atoms with E-state index < -0.39 is 5.97 Å². The molecule has 1 amide bonds. The highest BCUT2D eigenvalue weighted by Gasteiger charge is 2.35. The number of halogens is 2. The number of carbonyl (C=O) groups excluding carboxylic acids is 2. The largest absolute Gasteiger partial charge is 0.335 e. The molecule has 0 radical (unpaired) electrons. The van der Waals surface area contributed by atoms with E-state index in [0.29, 0.717) is 33.3 Å². The molecule has 1 heterocycles. The monoisotopic (exact) mass is 404 g/mol. The third-order valence-corrected chi connectivity index (χ3v) is 4.96. The first-order chi connectivity index (χ1) is 13.0. The summed E-state index contributed by atoms with van der Waals surface area (Å²) in [6.07, 6.45) is 1.85. The Morgan fingerprint density at radius 1 is 1.11 bits per heavy atom. The van der Waals surface area contributed by atoms with Gasteiger partial charge in [0.05, 0.1) is 12.2 Å². The Bertz CT molecular complexity index is 892. The maximum atomic E-state index is 12.9. The summed E-state index contributed by atoms with van der Waals surface area (Å²) in [5.74, 6) is -0.822. The van der Waals surface area contributed by atoms with Crippen LogP contribution in [-0.2, 0) is 21.0 Å². The summed E-state index contributed by atoms with van der Waals surface area (Å²) in [6, 6.07) is 12.4. The molecular weight excluding hydrogens is 387 g/mol. The van der Waals surface area contributed by atoms with E-state index in [4.69, 9.17) is 28.0 Å². The molecule has 0 saturated carbocycles. The average Bonchev–Trinajstić information content (AvgIpc) is 2.92. The van der Waals surface area contributed by atoms with E-state index in [0.717, 1.165) is 6.42 Å². The highest BCUT2D eigenvalue weighted by molar-refractivity contribution is 6.54. The summed E-state index contributed by atoms with van der Waals surface area (Å²) in [7, 11) is 0. The number of rotatable bonds is 6. The van der Waals surface area contributed by atoms with Crippen LogP contribution in [0.5, 0.6) is 0 Å². The van der Waals surface area contributed by atoms with Gasteiger partial charge in [-0.15, -0.1) is 0 Å². The van der Waals surface area contributed by atoms with Crippen molar-refractivity contribution in [2.75, 3.05) is 4.90 Å². The summed E-state index contributed by atoms with van der Waals surface area (Å²) in [5.41, 5.74) is 2.01. The topological polar surface area (TPSA) is 59.0 Å². The van der Waals surface area contributed by atoms with Crippen LogP contribution in [0.4, 0.5) is 5.69 Å². The Hall–Kier alpha value is -2.37. The smallest absolute Gasteiger partial charge is 0.317 e. The van der Waals surface area contributed by atoms with Crippen LogP contribution in [0.2, 0.25) is 10.0 Å². The van der Waals surface area contributed by atoms with Gasteiger partial charge in [-0.3, -0.25) is 4.79 Å². The Labute approximate surface area is 167 Å². The minimum Gasteiger partial charge on any atom is -0.317 e. The number of amides is 1. The van der Waals surface area contributed by atoms with Crippen molar-refractivity contribution >= 4 is 46.5 Å². The van der Waals surface area contributed by atoms with Gasteiger partial charge < -0.3 is 9.74 Å². The third kappa shape index (κ3) is 4.15. The third-order valence-electron chi connectivity index (χ3n) is 4.25. The molecule has 2 aromatic rings. The molecule has 7 heteroatoms. The first kappa shape index (κ1) is 19.4. The van der Waals surface area contributed by atoms with Gasteiger partial charge in [-0.1, -0.05) is 66.0 Å². The summed E-state index contributed by atoms with van der Waals surface area (Å²) in [4.78, 5) is 31.2. The van der Waals surface area contributed by atoms with Crippen LogP contribution in [-0.4, -0.2) is 17.6 Å². The van der Waals surface area contributed by atoms with Crippen LogP contribution in [0.1, 0.15) is 37.3 Å². The maximum absolute atomic E-state index is 12.9. The van der Waals surface area contributed by atoms with E-state index in [1.165, 1.54) is 4.90 Å². The minimum atomic E-state index is -0.456. The Kier molecular flexibility index (Phi) is 6.14. The molecule has 0 unspecified atom stereocenters. The molecule has 3 rings (SSSR count). The molecule has 0 spiro atoms. The summed E-state index contributed by atoms with van der Waals surface area (Å²) >= 11 is 12.5. The minimum absolute atomic E-state index is 0.0959. The van der Waals surface area contributed by atoms with E-state index in [9.17, 15) is 9.59 Å². The van der Waals surface area contributed by atoms with Crippen LogP contribution in [0, 0.1) is 0 Å². The Morgan fingerprint density at radius 3 is 2.52 bits per heavy atom. The zero-order valence-electron chi connectivity index (χ0n) is 14.7. The highest BCUT2D eigenvalue weighted by atomic mass is 35.5. The zero-order valence-corrected chi connectivity index (χ0v) is 16.3. The molecule has 140 valence electrons. The molecule has 1 aliphatic heterocycles. The number of nitrogens with zero attached hydrogens (tertiary/aromatic N) is 2. The summed E-state index contributed by atoms with van der Waals surface area (Å²) < 4.78 is 0. The van der Waals surface area contributed by atoms with Crippen molar-refractivity contribution < 1.29 is 14.4 Å². The van der Waals surface area contributed by atoms with Crippen molar-refractivity contribution in [2.24, 2.45) is 5.16 Å². The van der Waals surface area contributed by atoms with Crippen LogP contribution in [0.15, 0.2) is 47.6 Å².